The first-order valence-electron chi connectivity index (χ1n) is 5.55. The highest BCUT2D eigenvalue weighted by molar-refractivity contribution is 9.10. The zero-order valence-electron chi connectivity index (χ0n) is 10.1. The van der Waals surface area contributed by atoms with Crippen LogP contribution >= 0.6 is 15.9 Å². The number of amides is 1. The van der Waals surface area contributed by atoms with Gasteiger partial charge in [0.1, 0.15) is 0 Å². The lowest BCUT2D eigenvalue weighted by molar-refractivity contribution is -0.112. The molecule has 1 amide bonds. The smallest absolute Gasteiger partial charge is 0.252 e. The predicted octanol–water partition coefficient (Wildman–Crippen LogP) is 3.24. The minimum Gasteiger partial charge on any atom is -0.512 e. The molecule has 2 aromatic rings. The fourth-order valence-electron chi connectivity index (χ4n) is 1.55. The second kappa shape index (κ2) is 5.71. The second-order valence-corrected chi connectivity index (χ2v) is 4.70. The van der Waals surface area contributed by atoms with Crippen LogP contribution in [0.2, 0.25) is 0 Å². The number of allylic oxidation sites excluding steroid dienone is 1. The van der Waals surface area contributed by atoms with Crippen LogP contribution in [0.25, 0.3) is 11.3 Å². The minimum atomic E-state index is -0.438. The van der Waals surface area contributed by atoms with Crippen LogP contribution in [0.3, 0.4) is 0 Å². The Kier molecular flexibility index (Phi) is 4.01. The van der Waals surface area contributed by atoms with E-state index in [1.807, 2.05) is 30.3 Å². The molecule has 19 heavy (non-hydrogen) atoms. The van der Waals surface area contributed by atoms with Gasteiger partial charge in [0.2, 0.25) is 0 Å². The van der Waals surface area contributed by atoms with Crippen LogP contribution in [0.15, 0.2) is 46.6 Å². The Morgan fingerprint density at radius 3 is 2.74 bits per heavy atom. The van der Waals surface area contributed by atoms with Crippen LogP contribution in [0.5, 0.6) is 0 Å². The lowest BCUT2D eigenvalue weighted by atomic mass is 10.1. The number of aliphatic hydroxyl groups excluding tert-OH is 1. The highest BCUT2D eigenvalue weighted by atomic mass is 79.9. The lowest BCUT2D eigenvalue weighted by Crippen LogP contribution is -2.09. The molecule has 0 atom stereocenters. The van der Waals surface area contributed by atoms with E-state index in [-0.39, 0.29) is 5.76 Å². The number of H-pyrrole nitrogens is 1. The summed E-state index contributed by atoms with van der Waals surface area (Å²) in [5.74, 6) is -0.124. The largest absolute Gasteiger partial charge is 0.512 e. The average Bonchev–Trinajstić information content (AvgIpc) is 2.71. The molecular weight excluding hydrogens is 310 g/mol. The number of aromatic nitrogens is 2. The molecule has 0 unspecified atom stereocenters. The first-order chi connectivity index (χ1) is 9.08. The Labute approximate surface area is 118 Å². The Morgan fingerprint density at radius 2 is 2.11 bits per heavy atom. The van der Waals surface area contributed by atoms with Gasteiger partial charge in [-0.25, -0.2) is 0 Å². The van der Waals surface area contributed by atoms with Crippen LogP contribution in [-0.2, 0) is 4.79 Å². The number of aromatic amines is 1. The predicted molar refractivity (Wildman–Crippen MR) is 76.7 cm³/mol. The van der Waals surface area contributed by atoms with Gasteiger partial charge in [-0.3, -0.25) is 9.89 Å². The van der Waals surface area contributed by atoms with E-state index in [1.54, 1.807) is 0 Å². The maximum Gasteiger partial charge on any atom is 0.252 e. The summed E-state index contributed by atoms with van der Waals surface area (Å²) in [5.41, 5.74) is 1.73. The van der Waals surface area contributed by atoms with Gasteiger partial charge in [-0.15, -0.1) is 0 Å². The number of hydrogen-bond acceptors (Lipinski definition) is 3. The normalized spacial score (nSPS) is 11.4. The van der Waals surface area contributed by atoms with Crippen molar-refractivity contribution in [2.45, 2.75) is 6.92 Å². The molecule has 2 rings (SSSR count). The summed E-state index contributed by atoms with van der Waals surface area (Å²) in [6.07, 6.45) is 1.09. The van der Waals surface area contributed by atoms with Gasteiger partial charge in [0.15, 0.2) is 5.82 Å². The number of nitrogens with one attached hydrogen (secondary N) is 2. The topological polar surface area (TPSA) is 78.0 Å². The van der Waals surface area contributed by atoms with E-state index in [9.17, 15) is 4.79 Å². The van der Waals surface area contributed by atoms with Gasteiger partial charge < -0.3 is 10.4 Å². The van der Waals surface area contributed by atoms with E-state index in [2.05, 4.69) is 31.4 Å². The molecule has 1 aromatic heterocycles. The van der Waals surface area contributed by atoms with E-state index in [1.165, 1.54) is 6.92 Å². The van der Waals surface area contributed by atoms with Crippen molar-refractivity contribution in [2.75, 3.05) is 5.32 Å². The molecule has 0 saturated heterocycles. The summed E-state index contributed by atoms with van der Waals surface area (Å²) in [6.45, 7) is 1.43. The summed E-state index contributed by atoms with van der Waals surface area (Å²) >= 11 is 3.39. The zero-order valence-corrected chi connectivity index (χ0v) is 11.7. The third-order valence-corrected chi connectivity index (χ3v) is 3.12. The van der Waals surface area contributed by atoms with Crippen molar-refractivity contribution < 1.29 is 9.90 Å². The Morgan fingerprint density at radius 1 is 1.42 bits per heavy atom. The van der Waals surface area contributed by atoms with E-state index >= 15 is 0 Å². The van der Waals surface area contributed by atoms with Gasteiger partial charge in [-0.05, 0) is 22.9 Å². The van der Waals surface area contributed by atoms with Crippen LogP contribution < -0.4 is 5.32 Å². The van der Waals surface area contributed by atoms with Gasteiger partial charge in [-0.2, -0.15) is 5.10 Å². The van der Waals surface area contributed by atoms with E-state index in [4.69, 9.17) is 5.11 Å². The number of rotatable bonds is 3. The number of hydrogen-bond donors (Lipinski definition) is 3. The van der Waals surface area contributed by atoms with Gasteiger partial charge in [-0.1, -0.05) is 30.3 Å². The van der Waals surface area contributed by atoms with E-state index in [0.717, 1.165) is 17.3 Å². The fraction of sp³-hybridized carbons (Fsp3) is 0.0769. The van der Waals surface area contributed by atoms with Crippen LogP contribution in [0.1, 0.15) is 6.92 Å². The van der Waals surface area contributed by atoms with Gasteiger partial charge in [0, 0.05) is 11.6 Å². The van der Waals surface area contributed by atoms with E-state index < -0.39 is 5.91 Å². The Hall–Kier alpha value is -2.08. The minimum absolute atomic E-state index is 0.0626. The van der Waals surface area contributed by atoms with Crippen LogP contribution in [-0.4, -0.2) is 21.2 Å². The lowest BCUT2D eigenvalue weighted by Gasteiger charge is -2.00. The third kappa shape index (κ3) is 3.23. The fourth-order valence-corrected chi connectivity index (χ4v) is 2.06. The Balaban J connectivity index is 2.24. The molecule has 0 bridgehead atoms. The molecule has 6 heteroatoms. The quantitative estimate of drug-likeness (QED) is 0.600. The third-order valence-electron chi connectivity index (χ3n) is 2.35. The summed E-state index contributed by atoms with van der Waals surface area (Å²) < 4.78 is 0.663. The van der Waals surface area contributed by atoms with Gasteiger partial charge in [0.05, 0.1) is 15.9 Å². The second-order valence-electron chi connectivity index (χ2n) is 3.90. The number of nitrogens with zero attached hydrogens (tertiary/aromatic N) is 1. The van der Waals surface area contributed by atoms with Gasteiger partial charge >= 0.3 is 0 Å². The van der Waals surface area contributed by atoms with Crippen molar-refractivity contribution in [3.8, 4) is 11.3 Å². The number of benzene rings is 1. The molecular formula is C13H12BrN3O2. The molecule has 0 aliphatic heterocycles. The first kappa shape index (κ1) is 13.4. The highest BCUT2D eigenvalue weighted by Gasteiger charge is 2.13. The number of anilines is 1. The maximum absolute atomic E-state index is 11.5. The van der Waals surface area contributed by atoms with Crippen molar-refractivity contribution in [1.82, 2.24) is 10.2 Å². The van der Waals surface area contributed by atoms with Crippen molar-refractivity contribution >= 4 is 27.7 Å². The number of carbonyl (C=O) groups is 1. The first-order valence-corrected chi connectivity index (χ1v) is 6.34. The van der Waals surface area contributed by atoms with Crippen molar-refractivity contribution in [2.24, 2.45) is 0 Å². The van der Waals surface area contributed by atoms with Crippen molar-refractivity contribution in [3.63, 3.8) is 0 Å². The van der Waals surface area contributed by atoms with Gasteiger partial charge in [0.25, 0.3) is 5.91 Å². The summed E-state index contributed by atoms with van der Waals surface area (Å²) in [6, 6.07) is 9.62. The standard InChI is InChI=1S/C13H12BrN3O2/c1-8(18)7-10(19)15-13-11(14)12(16-17-13)9-5-3-2-4-6-9/h2-7,18H,1H3,(H2,15,16,17,19)/b8-7-. The molecule has 0 saturated carbocycles. The average molecular weight is 322 g/mol. The summed E-state index contributed by atoms with van der Waals surface area (Å²) in [5, 5.41) is 18.5. The molecule has 5 nitrogen and oxygen atoms in total. The van der Waals surface area contributed by atoms with Crippen LogP contribution in [0, 0.1) is 0 Å². The molecule has 0 spiro atoms. The summed E-state index contributed by atoms with van der Waals surface area (Å²) in [4.78, 5) is 11.5. The number of halogens is 1. The molecule has 3 N–H and O–H groups in total. The monoisotopic (exact) mass is 321 g/mol. The Bertz CT molecular complexity index is 616. The molecule has 1 aromatic carbocycles. The number of aliphatic hydroxyl groups is 1. The van der Waals surface area contributed by atoms with Crippen molar-refractivity contribution in [3.05, 3.63) is 46.6 Å². The van der Waals surface area contributed by atoms with Crippen molar-refractivity contribution in [1.29, 1.82) is 0 Å². The summed E-state index contributed by atoms with van der Waals surface area (Å²) in [7, 11) is 0. The molecule has 98 valence electrons. The van der Waals surface area contributed by atoms with Crippen LogP contribution in [0.4, 0.5) is 5.82 Å². The molecule has 0 radical (unpaired) electrons. The number of carbonyl (C=O) groups excluding carboxylic acids is 1. The molecule has 0 aliphatic carbocycles. The maximum atomic E-state index is 11.5. The highest BCUT2D eigenvalue weighted by Crippen LogP contribution is 2.31. The molecule has 0 fully saturated rings. The van der Waals surface area contributed by atoms with E-state index in [0.29, 0.717) is 10.3 Å². The molecule has 1 heterocycles. The molecule has 0 aliphatic rings. The zero-order chi connectivity index (χ0) is 13.8. The SMILES string of the molecule is C/C(O)=C/C(=O)Nc1n[nH]c(-c2ccccc2)c1Br.